The number of aliphatic hydroxyl groups excluding tert-OH is 1. The average molecular weight is 291 g/mol. The lowest BCUT2D eigenvalue weighted by atomic mass is 9.93. The smallest absolute Gasteiger partial charge is 0.250 e. The molecule has 2 aliphatic rings. The van der Waals surface area contributed by atoms with E-state index in [4.69, 9.17) is 4.74 Å². The Labute approximate surface area is 122 Å². The van der Waals surface area contributed by atoms with E-state index in [-0.39, 0.29) is 30.5 Å². The molecule has 0 bridgehead atoms. The molecule has 1 heterocycles. The van der Waals surface area contributed by atoms with Gasteiger partial charge in [-0.1, -0.05) is 0 Å². The Morgan fingerprint density at radius 1 is 1.29 bits per heavy atom. The molecule has 1 saturated carbocycles. The third-order valence-corrected chi connectivity index (χ3v) is 4.01. The molecule has 21 heavy (non-hydrogen) atoms. The molecule has 0 atom stereocenters. The molecule has 1 aromatic rings. The fourth-order valence-corrected chi connectivity index (χ4v) is 2.78. The van der Waals surface area contributed by atoms with Crippen LogP contribution in [0.3, 0.4) is 0 Å². The van der Waals surface area contributed by atoms with Crippen LogP contribution in [0.1, 0.15) is 31.2 Å². The highest BCUT2D eigenvalue weighted by molar-refractivity contribution is 5.99. The fourth-order valence-electron chi connectivity index (χ4n) is 2.78. The van der Waals surface area contributed by atoms with Gasteiger partial charge in [0, 0.05) is 11.6 Å². The predicted molar refractivity (Wildman–Crippen MR) is 76.3 cm³/mol. The zero-order chi connectivity index (χ0) is 14.8. The van der Waals surface area contributed by atoms with Crippen LogP contribution in [0.15, 0.2) is 23.8 Å². The normalized spacial score (nSPS) is 24.6. The molecule has 0 aromatic heterocycles. The van der Waals surface area contributed by atoms with Gasteiger partial charge in [0.25, 0.3) is 5.91 Å². The predicted octanol–water partition coefficient (Wildman–Crippen LogP) is 2.02. The molecule has 1 aliphatic carbocycles. The highest BCUT2D eigenvalue weighted by atomic mass is 19.1. The molecule has 1 aromatic carbocycles. The van der Waals surface area contributed by atoms with Crippen molar-refractivity contribution in [1.29, 1.82) is 0 Å². The topological polar surface area (TPSA) is 58.6 Å². The number of hydrogen-bond donors (Lipinski definition) is 2. The molecule has 1 fully saturated rings. The van der Waals surface area contributed by atoms with Crippen molar-refractivity contribution in [2.45, 2.75) is 37.8 Å². The number of carbonyl (C=O) groups excluding carboxylic acids is 1. The Bertz CT molecular complexity index is 577. The second-order valence-corrected chi connectivity index (χ2v) is 5.62. The quantitative estimate of drug-likeness (QED) is 0.876. The van der Waals surface area contributed by atoms with Gasteiger partial charge in [0.05, 0.1) is 11.7 Å². The summed E-state index contributed by atoms with van der Waals surface area (Å²) in [5.41, 5.74) is 1.09. The number of hydrogen-bond acceptors (Lipinski definition) is 3. The first-order valence-corrected chi connectivity index (χ1v) is 7.23. The summed E-state index contributed by atoms with van der Waals surface area (Å²) < 4.78 is 18.7. The number of aliphatic hydroxyl groups is 1. The zero-order valence-electron chi connectivity index (χ0n) is 11.6. The van der Waals surface area contributed by atoms with E-state index in [0.29, 0.717) is 29.7 Å². The van der Waals surface area contributed by atoms with Crippen LogP contribution in [0, 0.1) is 5.82 Å². The molecule has 3 rings (SSSR count). The van der Waals surface area contributed by atoms with Crippen LogP contribution in [-0.4, -0.2) is 29.8 Å². The van der Waals surface area contributed by atoms with Crippen molar-refractivity contribution >= 4 is 12.0 Å². The summed E-state index contributed by atoms with van der Waals surface area (Å²) >= 11 is 0. The van der Waals surface area contributed by atoms with Gasteiger partial charge in [-0.25, -0.2) is 4.39 Å². The molecular weight excluding hydrogens is 273 g/mol. The van der Waals surface area contributed by atoms with Gasteiger partial charge >= 0.3 is 0 Å². The molecular formula is C16H18FNO3. The highest BCUT2D eigenvalue weighted by Crippen LogP contribution is 2.27. The molecule has 112 valence electrons. The monoisotopic (exact) mass is 291 g/mol. The molecule has 4 nitrogen and oxygen atoms in total. The number of carbonyl (C=O) groups is 1. The molecule has 0 spiro atoms. The summed E-state index contributed by atoms with van der Waals surface area (Å²) in [6.45, 7) is 0.194. The van der Waals surface area contributed by atoms with Crippen LogP contribution in [-0.2, 0) is 4.79 Å². The minimum absolute atomic E-state index is 0.0932. The van der Waals surface area contributed by atoms with Crippen LogP contribution in [0.2, 0.25) is 0 Å². The summed E-state index contributed by atoms with van der Waals surface area (Å²) in [7, 11) is 0. The average Bonchev–Trinajstić information content (AvgIpc) is 2.48. The number of amides is 1. The van der Waals surface area contributed by atoms with Crippen molar-refractivity contribution in [3.05, 3.63) is 35.2 Å². The fraction of sp³-hybridized carbons (Fsp3) is 0.438. The number of rotatable bonds is 2. The summed E-state index contributed by atoms with van der Waals surface area (Å²) in [5, 5.41) is 12.4. The van der Waals surface area contributed by atoms with E-state index in [1.807, 2.05) is 0 Å². The van der Waals surface area contributed by atoms with Crippen molar-refractivity contribution in [1.82, 2.24) is 5.32 Å². The molecule has 5 heteroatoms. The maximum atomic E-state index is 13.2. The minimum atomic E-state index is -0.350. The van der Waals surface area contributed by atoms with E-state index in [2.05, 4.69) is 5.32 Å². The molecule has 1 amide bonds. The number of nitrogens with one attached hydrogen (secondary N) is 1. The molecule has 0 unspecified atom stereocenters. The van der Waals surface area contributed by atoms with Gasteiger partial charge in [-0.3, -0.25) is 4.79 Å². The lowest BCUT2D eigenvalue weighted by Crippen LogP contribution is -2.40. The van der Waals surface area contributed by atoms with E-state index in [0.717, 1.165) is 12.8 Å². The van der Waals surface area contributed by atoms with Gasteiger partial charge < -0.3 is 15.2 Å². The van der Waals surface area contributed by atoms with E-state index in [9.17, 15) is 14.3 Å². The Hall–Kier alpha value is -1.88. The van der Waals surface area contributed by atoms with Crippen LogP contribution >= 0.6 is 0 Å². The Balaban J connectivity index is 1.68. The van der Waals surface area contributed by atoms with Gasteiger partial charge in [-0.2, -0.15) is 0 Å². The number of benzene rings is 1. The third kappa shape index (κ3) is 3.24. The highest BCUT2D eigenvalue weighted by Gasteiger charge is 2.23. The first kappa shape index (κ1) is 14.1. The van der Waals surface area contributed by atoms with Crippen LogP contribution in [0.25, 0.3) is 6.08 Å². The van der Waals surface area contributed by atoms with Crippen molar-refractivity contribution in [2.75, 3.05) is 6.61 Å². The van der Waals surface area contributed by atoms with Crippen molar-refractivity contribution in [3.63, 3.8) is 0 Å². The zero-order valence-corrected chi connectivity index (χ0v) is 11.6. The second-order valence-electron chi connectivity index (χ2n) is 5.62. The summed E-state index contributed by atoms with van der Waals surface area (Å²) in [6.07, 6.45) is 4.43. The van der Waals surface area contributed by atoms with Crippen molar-refractivity contribution < 1.29 is 19.0 Å². The molecule has 2 N–H and O–H groups in total. The Kier molecular flexibility index (Phi) is 3.92. The SMILES string of the molecule is O=C(NC1CCC(O)CC1)C1=Cc2cc(F)ccc2OC1. The number of fused-ring (bicyclic) bond motifs is 1. The van der Waals surface area contributed by atoms with Gasteiger partial charge in [-0.05, 0) is 50.0 Å². The lowest BCUT2D eigenvalue weighted by molar-refractivity contribution is -0.118. The van der Waals surface area contributed by atoms with Gasteiger partial charge in [0.15, 0.2) is 0 Å². The maximum Gasteiger partial charge on any atom is 0.250 e. The van der Waals surface area contributed by atoms with Gasteiger partial charge in [-0.15, -0.1) is 0 Å². The number of halogens is 1. The van der Waals surface area contributed by atoms with Crippen molar-refractivity contribution in [2.24, 2.45) is 0 Å². The largest absolute Gasteiger partial charge is 0.488 e. The lowest BCUT2D eigenvalue weighted by Gasteiger charge is -2.27. The van der Waals surface area contributed by atoms with E-state index in [1.54, 1.807) is 12.1 Å². The van der Waals surface area contributed by atoms with Crippen LogP contribution < -0.4 is 10.1 Å². The van der Waals surface area contributed by atoms with E-state index >= 15 is 0 Å². The standard InChI is InChI=1S/C16H18FNO3/c17-12-1-6-15-10(8-12)7-11(9-21-15)16(20)18-13-2-4-14(19)5-3-13/h1,6-8,13-14,19H,2-5,9H2,(H,18,20). The number of ether oxygens (including phenoxy) is 1. The van der Waals surface area contributed by atoms with Crippen molar-refractivity contribution in [3.8, 4) is 5.75 Å². The molecule has 1 aliphatic heterocycles. The van der Waals surface area contributed by atoms with Crippen LogP contribution in [0.4, 0.5) is 4.39 Å². The second kappa shape index (κ2) is 5.85. The molecule has 0 radical (unpaired) electrons. The third-order valence-electron chi connectivity index (χ3n) is 4.01. The first-order valence-electron chi connectivity index (χ1n) is 7.23. The molecule has 0 saturated heterocycles. The minimum Gasteiger partial charge on any atom is -0.488 e. The van der Waals surface area contributed by atoms with Gasteiger partial charge in [0.1, 0.15) is 18.2 Å². The first-order chi connectivity index (χ1) is 10.1. The summed E-state index contributed by atoms with van der Waals surface area (Å²) in [4.78, 5) is 12.2. The van der Waals surface area contributed by atoms with Gasteiger partial charge in [0.2, 0.25) is 0 Å². The Morgan fingerprint density at radius 2 is 2.05 bits per heavy atom. The summed E-state index contributed by atoms with van der Waals surface area (Å²) in [6, 6.07) is 4.36. The maximum absolute atomic E-state index is 13.2. The van der Waals surface area contributed by atoms with E-state index < -0.39 is 0 Å². The van der Waals surface area contributed by atoms with Crippen LogP contribution in [0.5, 0.6) is 5.75 Å². The Morgan fingerprint density at radius 3 is 2.81 bits per heavy atom. The van der Waals surface area contributed by atoms with E-state index in [1.165, 1.54) is 12.1 Å². The summed E-state index contributed by atoms with van der Waals surface area (Å²) in [5.74, 6) is 0.0663.